The van der Waals surface area contributed by atoms with E-state index in [-0.39, 0.29) is 35.9 Å². The van der Waals surface area contributed by atoms with Crippen molar-refractivity contribution in [3.05, 3.63) is 0 Å². The second kappa shape index (κ2) is 12.0. The molecular formula is C18H35N3O3. The summed E-state index contributed by atoms with van der Waals surface area (Å²) in [6.45, 7) is 10.8. The van der Waals surface area contributed by atoms with E-state index in [0.29, 0.717) is 26.1 Å². The molecule has 0 rings (SSSR count). The van der Waals surface area contributed by atoms with E-state index in [1.165, 1.54) is 0 Å². The maximum atomic E-state index is 12.2. The Morgan fingerprint density at radius 2 is 1.67 bits per heavy atom. The number of hydrogen-bond donors (Lipinski definition) is 2. The standard InChI is InChI=1S/C18H35N3O3/c1-6-7-11-21(18(24)14(4)5)12-9-16(22)20-15(8-10-19)17(23)13(2)3/h13-15H,6-12,19H2,1-5H3,(H,20,22)/t15-/m0/s1. The van der Waals surface area contributed by atoms with Crippen molar-refractivity contribution in [2.75, 3.05) is 19.6 Å². The Hall–Kier alpha value is -1.43. The smallest absolute Gasteiger partial charge is 0.225 e. The zero-order chi connectivity index (χ0) is 18.7. The minimum absolute atomic E-state index is 0.00473. The summed E-state index contributed by atoms with van der Waals surface area (Å²) in [4.78, 5) is 38.2. The number of carbonyl (C=O) groups excluding carboxylic acids is 3. The number of hydrogen-bond acceptors (Lipinski definition) is 4. The topological polar surface area (TPSA) is 92.5 Å². The second-order valence-corrected chi connectivity index (χ2v) is 6.84. The average Bonchev–Trinajstić information content (AvgIpc) is 2.53. The lowest BCUT2D eigenvalue weighted by Crippen LogP contribution is -2.45. The highest BCUT2D eigenvalue weighted by Crippen LogP contribution is 2.07. The third kappa shape index (κ3) is 8.43. The molecule has 24 heavy (non-hydrogen) atoms. The van der Waals surface area contributed by atoms with Crippen LogP contribution in [-0.4, -0.2) is 48.2 Å². The van der Waals surface area contributed by atoms with Crippen LogP contribution in [0.4, 0.5) is 0 Å². The van der Waals surface area contributed by atoms with Crippen molar-refractivity contribution in [3.63, 3.8) is 0 Å². The van der Waals surface area contributed by atoms with Crippen molar-refractivity contribution in [2.45, 2.75) is 66.3 Å². The van der Waals surface area contributed by atoms with Crippen LogP contribution in [0.1, 0.15) is 60.3 Å². The van der Waals surface area contributed by atoms with Gasteiger partial charge in [0.25, 0.3) is 0 Å². The maximum absolute atomic E-state index is 12.2. The van der Waals surface area contributed by atoms with Gasteiger partial charge in [0.2, 0.25) is 11.8 Å². The van der Waals surface area contributed by atoms with Crippen LogP contribution in [0, 0.1) is 11.8 Å². The summed E-state index contributed by atoms with van der Waals surface area (Å²) in [7, 11) is 0. The van der Waals surface area contributed by atoms with Gasteiger partial charge in [0.05, 0.1) is 6.04 Å². The van der Waals surface area contributed by atoms with Crippen LogP contribution in [0.5, 0.6) is 0 Å². The predicted octanol–water partition coefficient (Wildman–Crippen LogP) is 1.72. The Morgan fingerprint density at radius 3 is 2.12 bits per heavy atom. The van der Waals surface area contributed by atoms with E-state index in [0.717, 1.165) is 12.8 Å². The predicted molar refractivity (Wildman–Crippen MR) is 96.4 cm³/mol. The van der Waals surface area contributed by atoms with Gasteiger partial charge in [0.1, 0.15) is 0 Å². The number of nitrogens with one attached hydrogen (secondary N) is 1. The highest BCUT2D eigenvalue weighted by atomic mass is 16.2. The Labute approximate surface area is 146 Å². The van der Waals surface area contributed by atoms with Gasteiger partial charge in [-0.2, -0.15) is 0 Å². The fourth-order valence-electron chi connectivity index (χ4n) is 2.40. The third-order valence-electron chi connectivity index (χ3n) is 3.90. The van der Waals surface area contributed by atoms with Crippen LogP contribution in [0.25, 0.3) is 0 Å². The van der Waals surface area contributed by atoms with Crippen LogP contribution in [0.15, 0.2) is 0 Å². The molecule has 0 aliphatic heterocycles. The van der Waals surface area contributed by atoms with Gasteiger partial charge in [0, 0.05) is 31.3 Å². The Morgan fingerprint density at radius 1 is 1.04 bits per heavy atom. The van der Waals surface area contributed by atoms with Crippen LogP contribution < -0.4 is 11.1 Å². The van der Waals surface area contributed by atoms with Crippen molar-refractivity contribution in [3.8, 4) is 0 Å². The van der Waals surface area contributed by atoms with Gasteiger partial charge in [-0.25, -0.2) is 0 Å². The van der Waals surface area contributed by atoms with Crippen molar-refractivity contribution in [1.82, 2.24) is 10.2 Å². The molecule has 6 nitrogen and oxygen atoms in total. The highest BCUT2D eigenvalue weighted by molar-refractivity contribution is 5.90. The first-order valence-electron chi connectivity index (χ1n) is 9.06. The van der Waals surface area contributed by atoms with E-state index in [1.54, 1.807) is 4.90 Å². The van der Waals surface area contributed by atoms with E-state index in [2.05, 4.69) is 12.2 Å². The molecule has 0 saturated heterocycles. The summed E-state index contributed by atoms with van der Waals surface area (Å²) in [5.41, 5.74) is 5.54. The van der Waals surface area contributed by atoms with Gasteiger partial charge in [-0.05, 0) is 19.4 Å². The average molecular weight is 341 g/mol. The summed E-state index contributed by atoms with van der Waals surface area (Å²) in [6, 6.07) is -0.535. The zero-order valence-corrected chi connectivity index (χ0v) is 15.9. The van der Waals surface area contributed by atoms with E-state index >= 15 is 0 Å². The fraction of sp³-hybridized carbons (Fsp3) is 0.833. The SMILES string of the molecule is CCCCN(CCC(=O)N[C@@H](CCN)C(=O)C(C)C)C(=O)C(C)C. The number of nitrogens with zero attached hydrogens (tertiary/aromatic N) is 1. The summed E-state index contributed by atoms with van der Waals surface area (Å²) in [5.74, 6) is -0.383. The largest absolute Gasteiger partial charge is 0.346 e. The van der Waals surface area contributed by atoms with E-state index in [1.807, 2.05) is 27.7 Å². The lowest BCUT2D eigenvalue weighted by atomic mass is 9.99. The van der Waals surface area contributed by atoms with Crippen LogP contribution >= 0.6 is 0 Å². The number of rotatable bonds is 12. The summed E-state index contributed by atoms with van der Waals surface area (Å²) >= 11 is 0. The number of carbonyl (C=O) groups is 3. The molecule has 6 heteroatoms. The summed E-state index contributed by atoms with van der Waals surface area (Å²) in [6.07, 6.45) is 2.55. The van der Waals surface area contributed by atoms with Crippen molar-refractivity contribution in [1.29, 1.82) is 0 Å². The molecule has 0 bridgehead atoms. The molecule has 0 unspecified atom stereocenters. The molecule has 1 atom stereocenters. The highest BCUT2D eigenvalue weighted by Gasteiger charge is 2.23. The molecule has 0 radical (unpaired) electrons. The molecule has 0 aromatic rings. The molecule has 140 valence electrons. The van der Waals surface area contributed by atoms with E-state index in [4.69, 9.17) is 5.73 Å². The van der Waals surface area contributed by atoms with Crippen LogP contribution in [0.2, 0.25) is 0 Å². The Bertz CT molecular complexity index is 408. The molecule has 0 aliphatic carbocycles. The minimum Gasteiger partial charge on any atom is -0.346 e. The van der Waals surface area contributed by atoms with Gasteiger partial charge in [-0.15, -0.1) is 0 Å². The van der Waals surface area contributed by atoms with E-state index < -0.39 is 6.04 Å². The van der Waals surface area contributed by atoms with Crippen LogP contribution in [0.3, 0.4) is 0 Å². The van der Waals surface area contributed by atoms with Crippen molar-refractivity contribution < 1.29 is 14.4 Å². The Balaban J connectivity index is 4.64. The number of nitrogens with two attached hydrogens (primary N) is 1. The fourth-order valence-corrected chi connectivity index (χ4v) is 2.40. The Kier molecular flexibility index (Phi) is 11.3. The minimum atomic E-state index is -0.535. The van der Waals surface area contributed by atoms with Crippen molar-refractivity contribution >= 4 is 17.6 Å². The number of ketones is 1. The quantitative estimate of drug-likeness (QED) is 0.565. The molecule has 2 amide bonds. The molecule has 0 heterocycles. The normalized spacial score (nSPS) is 12.3. The number of unbranched alkanes of at least 4 members (excludes halogenated alkanes) is 1. The first-order chi connectivity index (χ1) is 11.2. The summed E-state index contributed by atoms with van der Waals surface area (Å²) < 4.78 is 0. The lowest BCUT2D eigenvalue weighted by molar-refractivity contribution is -0.135. The van der Waals surface area contributed by atoms with Gasteiger partial charge < -0.3 is 16.0 Å². The first kappa shape index (κ1) is 22.6. The molecule has 0 aliphatic rings. The summed E-state index contributed by atoms with van der Waals surface area (Å²) in [5, 5.41) is 2.77. The zero-order valence-electron chi connectivity index (χ0n) is 15.9. The molecule has 0 spiro atoms. The van der Waals surface area contributed by atoms with Gasteiger partial charge >= 0.3 is 0 Å². The molecule has 0 aromatic heterocycles. The molecule has 3 N–H and O–H groups in total. The van der Waals surface area contributed by atoms with Crippen molar-refractivity contribution in [2.24, 2.45) is 17.6 Å². The second-order valence-electron chi connectivity index (χ2n) is 6.84. The lowest BCUT2D eigenvalue weighted by Gasteiger charge is -2.25. The third-order valence-corrected chi connectivity index (χ3v) is 3.90. The maximum Gasteiger partial charge on any atom is 0.225 e. The number of amides is 2. The van der Waals surface area contributed by atoms with Gasteiger partial charge in [0.15, 0.2) is 5.78 Å². The monoisotopic (exact) mass is 341 g/mol. The molecular weight excluding hydrogens is 306 g/mol. The van der Waals surface area contributed by atoms with Gasteiger partial charge in [-0.3, -0.25) is 14.4 Å². The molecule has 0 saturated carbocycles. The first-order valence-corrected chi connectivity index (χ1v) is 9.06. The number of Topliss-reactive ketones (excluding diaryl/α,β-unsaturated/α-hetero) is 1. The van der Waals surface area contributed by atoms with Crippen LogP contribution in [-0.2, 0) is 14.4 Å². The van der Waals surface area contributed by atoms with Gasteiger partial charge in [-0.1, -0.05) is 41.0 Å². The molecule has 0 aromatic carbocycles. The molecule has 0 fully saturated rings. The van der Waals surface area contributed by atoms with E-state index in [9.17, 15) is 14.4 Å².